The molecule has 23 heavy (non-hydrogen) atoms. The Balaban J connectivity index is 2.19. The molecule has 0 saturated carbocycles. The minimum atomic E-state index is -4.66. The van der Waals surface area contributed by atoms with Crippen LogP contribution in [0.2, 0.25) is 5.02 Å². The smallest absolute Gasteiger partial charge is 0.324 e. The van der Waals surface area contributed by atoms with Crippen LogP contribution in [-0.4, -0.2) is 15.7 Å². The third kappa shape index (κ3) is 3.85. The third-order valence-electron chi connectivity index (χ3n) is 3.36. The highest BCUT2D eigenvalue weighted by atomic mass is 35.5. The van der Waals surface area contributed by atoms with Gasteiger partial charge in [0.2, 0.25) is 5.91 Å². The Kier molecular flexibility index (Phi) is 4.70. The van der Waals surface area contributed by atoms with E-state index in [1.807, 2.05) is 26.0 Å². The van der Waals surface area contributed by atoms with Gasteiger partial charge in [-0.2, -0.15) is 18.3 Å². The van der Waals surface area contributed by atoms with Crippen molar-refractivity contribution in [2.45, 2.75) is 33.5 Å². The number of aromatic nitrogens is 2. The molecule has 0 aliphatic rings. The highest BCUT2D eigenvalue weighted by molar-refractivity contribution is 6.32. The van der Waals surface area contributed by atoms with Crippen molar-refractivity contribution in [3.8, 4) is 0 Å². The number of hydrogen-bond acceptors (Lipinski definition) is 2. The van der Waals surface area contributed by atoms with E-state index in [0.717, 1.165) is 15.8 Å². The molecule has 1 aromatic heterocycles. The van der Waals surface area contributed by atoms with E-state index in [-0.39, 0.29) is 12.2 Å². The molecule has 0 unspecified atom stereocenters. The van der Waals surface area contributed by atoms with Gasteiger partial charge in [-0.25, -0.2) is 0 Å². The minimum absolute atomic E-state index is 0.0927. The number of carbonyl (C=O) groups excluding carboxylic acids is 1. The Morgan fingerprint density at radius 2 is 1.96 bits per heavy atom. The van der Waals surface area contributed by atoms with Gasteiger partial charge >= 0.3 is 6.18 Å². The molecule has 8 heteroatoms. The van der Waals surface area contributed by atoms with E-state index < -0.39 is 22.8 Å². The van der Waals surface area contributed by atoms with Crippen LogP contribution in [0.3, 0.4) is 0 Å². The zero-order valence-electron chi connectivity index (χ0n) is 12.8. The topological polar surface area (TPSA) is 46.9 Å². The summed E-state index contributed by atoms with van der Waals surface area (Å²) in [4.78, 5) is 12.1. The lowest BCUT2D eigenvalue weighted by Gasteiger charge is -2.10. The first-order chi connectivity index (χ1) is 10.6. The van der Waals surface area contributed by atoms with E-state index in [0.29, 0.717) is 5.69 Å². The molecule has 1 N–H and O–H groups in total. The van der Waals surface area contributed by atoms with Crippen molar-refractivity contribution in [1.82, 2.24) is 9.78 Å². The van der Waals surface area contributed by atoms with Crippen molar-refractivity contribution in [3.05, 3.63) is 45.7 Å². The quantitative estimate of drug-likeness (QED) is 0.909. The fraction of sp³-hybridized carbons (Fsp3) is 0.333. The SMILES string of the molecule is Cc1ccc(C)c(NC(=O)Cn2nc(C(F)(F)F)c(Cl)c2C)c1. The van der Waals surface area contributed by atoms with Gasteiger partial charge < -0.3 is 5.32 Å². The summed E-state index contributed by atoms with van der Waals surface area (Å²) in [7, 11) is 0. The van der Waals surface area contributed by atoms with Gasteiger partial charge in [0.05, 0.1) is 10.7 Å². The molecular weight excluding hydrogens is 331 g/mol. The van der Waals surface area contributed by atoms with E-state index in [1.54, 1.807) is 6.07 Å². The number of nitrogens with one attached hydrogen (secondary N) is 1. The van der Waals surface area contributed by atoms with Crippen LogP contribution in [0, 0.1) is 20.8 Å². The average molecular weight is 346 g/mol. The Hall–Kier alpha value is -2.02. The van der Waals surface area contributed by atoms with Gasteiger partial charge in [0.25, 0.3) is 0 Å². The van der Waals surface area contributed by atoms with E-state index in [2.05, 4.69) is 10.4 Å². The summed E-state index contributed by atoms with van der Waals surface area (Å²) in [6.45, 7) is 4.74. The van der Waals surface area contributed by atoms with E-state index in [1.165, 1.54) is 6.92 Å². The summed E-state index contributed by atoms with van der Waals surface area (Å²) in [5.74, 6) is -0.477. The van der Waals surface area contributed by atoms with Gasteiger partial charge in [-0.05, 0) is 38.0 Å². The predicted octanol–water partition coefficient (Wildman–Crippen LogP) is 4.12. The molecule has 4 nitrogen and oxygen atoms in total. The van der Waals surface area contributed by atoms with E-state index >= 15 is 0 Å². The number of benzene rings is 1. The number of aryl methyl sites for hydroxylation is 2. The van der Waals surface area contributed by atoms with Gasteiger partial charge in [-0.15, -0.1) is 0 Å². The molecule has 1 amide bonds. The number of amides is 1. The summed E-state index contributed by atoms with van der Waals surface area (Å²) in [5, 5.41) is 5.58. The Morgan fingerprint density at radius 1 is 1.30 bits per heavy atom. The number of carbonyl (C=O) groups is 1. The second-order valence-electron chi connectivity index (χ2n) is 5.27. The van der Waals surface area contributed by atoms with Crippen LogP contribution in [-0.2, 0) is 17.5 Å². The molecule has 2 rings (SSSR count). The monoisotopic (exact) mass is 345 g/mol. The van der Waals surface area contributed by atoms with Crippen molar-refractivity contribution in [2.75, 3.05) is 5.32 Å². The first-order valence-corrected chi connectivity index (χ1v) is 7.14. The van der Waals surface area contributed by atoms with Crippen molar-refractivity contribution in [2.24, 2.45) is 0 Å². The lowest BCUT2D eigenvalue weighted by atomic mass is 10.1. The molecule has 1 aromatic carbocycles. The number of halogens is 4. The van der Waals surface area contributed by atoms with Crippen molar-refractivity contribution >= 4 is 23.2 Å². The number of anilines is 1. The highest BCUT2D eigenvalue weighted by Gasteiger charge is 2.38. The highest BCUT2D eigenvalue weighted by Crippen LogP contribution is 2.35. The van der Waals surface area contributed by atoms with Crippen molar-refractivity contribution in [1.29, 1.82) is 0 Å². The molecule has 0 spiro atoms. The van der Waals surface area contributed by atoms with E-state index in [9.17, 15) is 18.0 Å². The van der Waals surface area contributed by atoms with Crippen LogP contribution in [0.25, 0.3) is 0 Å². The summed E-state index contributed by atoms with van der Waals surface area (Å²) in [6.07, 6.45) is -4.66. The Labute approximate surface area is 136 Å². The fourth-order valence-corrected chi connectivity index (χ4v) is 2.30. The number of alkyl halides is 3. The molecular formula is C15H15ClF3N3O. The van der Waals surface area contributed by atoms with Crippen molar-refractivity contribution in [3.63, 3.8) is 0 Å². The number of nitrogens with zero attached hydrogens (tertiary/aromatic N) is 2. The maximum Gasteiger partial charge on any atom is 0.436 e. The first-order valence-electron chi connectivity index (χ1n) is 6.77. The second-order valence-corrected chi connectivity index (χ2v) is 5.65. The Bertz CT molecular complexity index is 753. The predicted molar refractivity (Wildman–Crippen MR) is 81.5 cm³/mol. The van der Waals surface area contributed by atoms with Gasteiger partial charge in [-0.3, -0.25) is 9.48 Å². The van der Waals surface area contributed by atoms with Crippen LogP contribution in [0.5, 0.6) is 0 Å². The van der Waals surface area contributed by atoms with Crippen LogP contribution < -0.4 is 5.32 Å². The van der Waals surface area contributed by atoms with Gasteiger partial charge in [0, 0.05) is 5.69 Å². The fourth-order valence-electron chi connectivity index (χ4n) is 2.06. The van der Waals surface area contributed by atoms with Crippen LogP contribution >= 0.6 is 11.6 Å². The normalized spacial score (nSPS) is 11.6. The van der Waals surface area contributed by atoms with Crippen LogP contribution in [0.15, 0.2) is 18.2 Å². The van der Waals surface area contributed by atoms with Crippen LogP contribution in [0.4, 0.5) is 18.9 Å². The first kappa shape index (κ1) is 17.3. The number of rotatable bonds is 3. The lowest BCUT2D eigenvalue weighted by molar-refractivity contribution is -0.141. The molecule has 2 aromatic rings. The van der Waals surface area contributed by atoms with Gasteiger partial charge in [-0.1, -0.05) is 23.7 Å². The molecule has 0 aliphatic carbocycles. The molecule has 0 atom stereocenters. The zero-order chi connectivity index (χ0) is 17.4. The third-order valence-corrected chi connectivity index (χ3v) is 3.81. The summed E-state index contributed by atoms with van der Waals surface area (Å²) >= 11 is 5.65. The summed E-state index contributed by atoms with van der Waals surface area (Å²) < 4.78 is 39.2. The molecule has 0 fully saturated rings. The molecule has 124 valence electrons. The van der Waals surface area contributed by atoms with Crippen LogP contribution in [0.1, 0.15) is 22.5 Å². The minimum Gasteiger partial charge on any atom is -0.324 e. The molecule has 0 aliphatic heterocycles. The van der Waals surface area contributed by atoms with Gasteiger partial charge in [0.1, 0.15) is 6.54 Å². The van der Waals surface area contributed by atoms with Crippen molar-refractivity contribution < 1.29 is 18.0 Å². The number of hydrogen-bond donors (Lipinski definition) is 1. The summed E-state index contributed by atoms with van der Waals surface area (Å²) in [6, 6.07) is 5.54. The maximum atomic E-state index is 12.8. The molecule has 0 radical (unpaired) electrons. The summed E-state index contributed by atoms with van der Waals surface area (Å²) in [5.41, 5.74) is 1.34. The molecule has 1 heterocycles. The van der Waals surface area contributed by atoms with Gasteiger partial charge in [0.15, 0.2) is 5.69 Å². The molecule has 0 bridgehead atoms. The lowest BCUT2D eigenvalue weighted by Crippen LogP contribution is -2.21. The maximum absolute atomic E-state index is 12.8. The second kappa shape index (κ2) is 6.23. The standard InChI is InChI=1S/C15H15ClF3N3O/c1-8-4-5-9(2)11(6-8)20-12(23)7-22-10(3)13(16)14(21-22)15(17,18)19/h4-6H,7H2,1-3H3,(H,20,23). The average Bonchev–Trinajstić information content (AvgIpc) is 2.71. The molecule has 0 saturated heterocycles. The van der Waals surface area contributed by atoms with E-state index in [4.69, 9.17) is 11.6 Å². The zero-order valence-corrected chi connectivity index (χ0v) is 13.5. The largest absolute Gasteiger partial charge is 0.436 e. The Morgan fingerprint density at radius 3 is 2.52 bits per heavy atom.